The van der Waals surface area contributed by atoms with Gasteiger partial charge < -0.3 is 15.3 Å². The summed E-state index contributed by atoms with van der Waals surface area (Å²) in [4.78, 5) is 13.7. The van der Waals surface area contributed by atoms with E-state index < -0.39 is 24.3 Å². The number of nitrogens with zero attached hydrogens (tertiary/aromatic N) is 1. The van der Waals surface area contributed by atoms with Gasteiger partial charge in [0, 0.05) is 18.9 Å². The number of benzene rings is 1. The lowest BCUT2D eigenvalue weighted by Crippen LogP contribution is -2.43. The second kappa shape index (κ2) is 8.55. The lowest BCUT2D eigenvalue weighted by atomic mass is 10.0. The summed E-state index contributed by atoms with van der Waals surface area (Å²) in [6, 6.07) is 9.19. The fourth-order valence-electron chi connectivity index (χ4n) is 3.36. The molecule has 0 aliphatic carbocycles. The van der Waals surface area contributed by atoms with Gasteiger partial charge in [-0.15, -0.1) is 0 Å². The van der Waals surface area contributed by atoms with Crippen molar-refractivity contribution in [3.05, 3.63) is 35.9 Å². The minimum absolute atomic E-state index is 0.0629. The number of aliphatic hydroxyl groups excluding tert-OH is 3. The molecule has 3 N–H and O–H groups in total. The standard InChI is InChI=1S/C18H27NO4/c1-2-14(21)11-15-17(22)18(23)16(12-20)19(15)10-6-9-13-7-4-3-5-8-13/h3-5,7-8,15-18,20,22-23H,2,6,9-12H2,1H3/t15?,16-,17+,18-/m1/s1. The molecule has 1 fully saturated rings. The molecule has 1 aromatic carbocycles. The molecule has 1 unspecified atom stereocenters. The molecule has 0 bridgehead atoms. The van der Waals surface area contributed by atoms with Crippen LogP contribution in [0.2, 0.25) is 0 Å². The summed E-state index contributed by atoms with van der Waals surface area (Å²) in [5, 5.41) is 29.9. The van der Waals surface area contributed by atoms with Crippen molar-refractivity contribution in [2.75, 3.05) is 13.2 Å². The van der Waals surface area contributed by atoms with E-state index in [1.807, 2.05) is 23.1 Å². The van der Waals surface area contributed by atoms with Gasteiger partial charge in [0.2, 0.25) is 0 Å². The van der Waals surface area contributed by atoms with E-state index in [-0.39, 0.29) is 18.8 Å². The van der Waals surface area contributed by atoms with Gasteiger partial charge in [-0.2, -0.15) is 0 Å². The van der Waals surface area contributed by atoms with Gasteiger partial charge in [0.25, 0.3) is 0 Å². The number of carbonyl (C=O) groups is 1. The average Bonchev–Trinajstić information content (AvgIpc) is 2.80. The van der Waals surface area contributed by atoms with Crippen molar-refractivity contribution in [1.29, 1.82) is 0 Å². The highest BCUT2D eigenvalue weighted by Crippen LogP contribution is 2.28. The Morgan fingerprint density at radius 3 is 2.39 bits per heavy atom. The molecule has 5 nitrogen and oxygen atoms in total. The summed E-state index contributed by atoms with van der Waals surface area (Å²) >= 11 is 0. The van der Waals surface area contributed by atoms with Gasteiger partial charge in [0.05, 0.1) is 24.9 Å². The molecule has 1 aliphatic rings. The Hall–Kier alpha value is -1.27. The maximum Gasteiger partial charge on any atom is 0.134 e. The first kappa shape index (κ1) is 18.1. The molecule has 0 saturated carbocycles. The van der Waals surface area contributed by atoms with Gasteiger partial charge >= 0.3 is 0 Å². The fraction of sp³-hybridized carbons (Fsp3) is 0.611. The van der Waals surface area contributed by atoms with E-state index in [9.17, 15) is 20.1 Å². The van der Waals surface area contributed by atoms with E-state index in [2.05, 4.69) is 12.1 Å². The molecule has 5 heteroatoms. The van der Waals surface area contributed by atoms with E-state index in [0.717, 1.165) is 12.8 Å². The third-order valence-corrected chi connectivity index (χ3v) is 4.73. The normalized spacial score (nSPS) is 28.2. The van der Waals surface area contributed by atoms with E-state index >= 15 is 0 Å². The van der Waals surface area contributed by atoms with Gasteiger partial charge in [-0.3, -0.25) is 9.69 Å². The molecule has 0 spiro atoms. The third kappa shape index (κ3) is 4.38. The highest BCUT2D eigenvalue weighted by atomic mass is 16.3. The summed E-state index contributed by atoms with van der Waals surface area (Å²) in [5.74, 6) is 0.0629. The molecular formula is C18H27NO4. The minimum atomic E-state index is -1.01. The Kier molecular flexibility index (Phi) is 6.72. The minimum Gasteiger partial charge on any atom is -0.395 e. The van der Waals surface area contributed by atoms with Crippen LogP contribution < -0.4 is 0 Å². The molecule has 23 heavy (non-hydrogen) atoms. The van der Waals surface area contributed by atoms with Gasteiger partial charge in [-0.25, -0.2) is 0 Å². The van der Waals surface area contributed by atoms with E-state index in [4.69, 9.17) is 0 Å². The predicted octanol–water partition coefficient (Wildman–Crippen LogP) is 0.755. The van der Waals surface area contributed by atoms with Crippen molar-refractivity contribution < 1.29 is 20.1 Å². The first-order valence-electron chi connectivity index (χ1n) is 8.36. The molecular weight excluding hydrogens is 294 g/mol. The Morgan fingerprint density at radius 2 is 1.78 bits per heavy atom. The molecule has 4 atom stereocenters. The number of Topliss-reactive ketones (excluding diaryl/α,β-unsaturated/α-hetero) is 1. The second-order valence-corrected chi connectivity index (χ2v) is 6.22. The third-order valence-electron chi connectivity index (χ3n) is 4.73. The maximum atomic E-state index is 11.8. The maximum absolute atomic E-state index is 11.8. The number of hydrogen-bond acceptors (Lipinski definition) is 5. The molecule has 2 rings (SSSR count). The number of hydrogen-bond donors (Lipinski definition) is 3. The quantitative estimate of drug-likeness (QED) is 0.658. The Balaban J connectivity index is 2.00. The zero-order valence-electron chi connectivity index (χ0n) is 13.6. The largest absolute Gasteiger partial charge is 0.395 e. The smallest absolute Gasteiger partial charge is 0.134 e. The monoisotopic (exact) mass is 321 g/mol. The Labute approximate surface area is 137 Å². The number of aryl methyl sites for hydroxylation is 1. The summed E-state index contributed by atoms with van der Waals surface area (Å²) in [5.41, 5.74) is 1.23. The molecule has 1 heterocycles. The summed E-state index contributed by atoms with van der Waals surface area (Å²) in [6.07, 6.45) is 0.371. The van der Waals surface area contributed by atoms with Crippen molar-refractivity contribution >= 4 is 5.78 Å². The van der Waals surface area contributed by atoms with Crippen LogP contribution in [0.15, 0.2) is 30.3 Å². The SMILES string of the molecule is CCC(=O)CC1[C@H](O)[C@H](O)[C@@H](CO)N1CCCc1ccccc1. The van der Waals surface area contributed by atoms with E-state index in [0.29, 0.717) is 13.0 Å². The van der Waals surface area contributed by atoms with Crippen LogP contribution in [0.3, 0.4) is 0 Å². The van der Waals surface area contributed by atoms with Crippen LogP contribution >= 0.6 is 0 Å². The van der Waals surface area contributed by atoms with Crippen molar-refractivity contribution in [1.82, 2.24) is 4.90 Å². The number of carbonyl (C=O) groups excluding carboxylic acids is 1. The van der Waals surface area contributed by atoms with Gasteiger partial charge in [0.1, 0.15) is 5.78 Å². The van der Waals surface area contributed by atoms with Crippen LogP contribution in [0.4, 0.5) is 0 Å². The van der Waals surface area contributed by atoms with Crippen molar-refractivity contribution in [2.45, 2.75) is 56.9 Å². The molecule has 0 radical (unpaired) electrons. The molecule has 1 aromatic rings. The van der Waals surface area contributed by atoms with Gasteiger partial charge in [-0.1, -0.05) is 37.3 Å². The van der Waals surface area contributed by atoms with Gasteiger partial charge in [-0.05, 0) is 24.9 Å². The number of rotatable bonds is 8. The second-order valence-electron chi connectivity index (χ2n) is 6.22. The van der Waals surface area contributed by atoms with Crippen LogP contribution in [0.25, 0.3) is 0 Å². The Bertz CT molecular complexity index is 493. The molecule has 1 aliphatic heterocycles. The van der Waals surface area contributed by atoms with Crippen LogP contribution in [0.1, 0.15) is 31.7 Å². The van der Waals surface area contributed by atoms with Crippen LogP contribution in [-0.4, -0.2) is 63.4 Å². The predicted molar refractivity (Wildman–Crippen MR) is 88.1 cm³/mol. The molecule has 128 valence electrons. The molecule has 1 saturated heterocycles. The molecule has 0 amide bonds. The highest BCUT2D eigenvalue weighted by Gasteiger charge is 2.47. The lowest BCUT2D eigenvalue weighted by Gasteiger charge is -2.29. The highest BCUT2D eigenvalue weighted by molar-refractivity contribution is 5.78. The average molecular weight is 321 g/mol. The Morgan fingerprint density at radius 1 is 1.13 bits per heavy atom. The lowest BCUT2D eigenvalue weighted by molar-refractivity contribution is -0.120. The first-order chi connectivity index (χ1) is 11.1. The van der Waals surface area contributed by atoms with Crippen LogP contribution in [-0.2, 0) is 11.2 Å². The van der Waals surface area contributed by atoms with E-state index in [1.165, 1.54) is 5.56 Å². The van der Waals surface area contributed by atoms with Crippen LogP contribution in [0, 0.1) is 0 Å². The topological polar surface area (TPSA) is 81.0 Å². The zero-order chi connectivity index (χ0) is 16.8. The summed E-state index contributed by atoms with van der Waals surface area (Å²) < 4.78 is 0. The van der Waals surface area contributed by atoms with Crippen molar-refractivity contribution in [3.8, 4) is 0 Å². The summed E-state index contributed by atoms with van der Waals surface area (Å²) in [7, 11) is 0. The zero-order valence-corrected chi connectivity index (χ0v) is 13.6. The van der Waals surface area contributed by atoms with Crippen molar-refractivity contribution in [2.24, 2.45) is 0 Å². The van der Waals surface area contributed by atoms with Crippen LogP contribution in [0.5, 0.6) is 0 Å². The number of likely N-dealkylation sites (tertiary alicyclic amines) is 1. The van der Waals surface area contributed by atoms with E-state index in [1.54, 1.807) is 6.92 Å². The number of ketones is 1. The van der Waals surface area contributed by atoms with Crippen molar-refractivity contribution in [3.63, 3.8) is 0 Å². The number of aliphatic hydroxyl groups is 3. The fourth-order valence-corrected chi connectivity index (χ4v) is 3.36. The molecule has 0 aromatic heterocycles. The first-order valence-corrected chi connectivity index (χ1v) is 8.36. The van der Waals surface area contributed by atoms with Gasteiger partial charge in [0.15, 0.2) is 0 Å². The summed E-state index contributed by atoms with van der Waals surface area (Å²) in [6.45, 7) is 2.21.